The molecule has 2 heterocycles. The molecular weight excluding hydrogens is 408 g/mol. The van der Waals surface area contributed by atoms with Crippen LogP contribution in [0.2, 0.25) is 0 Å². The summed E-state index contributed by atoms with van der Waals surface area (Å²) in [4.78, 5) is 12.5. The number of hydrogen-bond donors (Lipinski definition) is 1. The number of amides is 1. The number of nitrogens with zero attached hydrogens (tertiary/aromatic N) is 1. The minimum atomic E-state index is -3.49. The van der Waals surface area contributed by atoms with Gasteiger partial charge in [0.15, 0.2) is 0 Å². The first-order chi connectivity index (χ1) is 14.0. The van der Waals surface area contributed by atoms with Gasteiger partial charge >= 0.3 is 0 Å². The maximum Gasteiger partial charge on any atom is 0.252 e. The Labute approximate surface area is 176 Å². The minimum absolute atomic E-state index is 0.0530. The van der Waals surface area contributed by atoms with Gasteiger partial charge in [-0.25, -0.2) is 8.42 Å². The third-order valence-corrected chi connectivity index (χ3v) is 8.26. The summed E-state index contributed by atoms with van der Waals surface area (Å²) in [6, 6.07) is 11.4. The number of rotatable bonds is 9. The molecule has 6 nitrogen and oxygen atoms in total. The number of piperidine rings is 1. The van der Waals surface area contributed by atoms with E-state index in [4.69, 9.17) is 4.74 Å². The van der Waals surface area contributed by atoms with E-state index in [2.05, 4.69) is 5.32 Å². The lowest BCUT2D eigenvalue weighted by Crippen LogP contribution is -2.45. The van der Waals surface area contributed by atoms with E-state index in [9.17, 15) is 13.2 Å². The van der Waals surface area contributed by atoms with Gasteiger partial charge in [-0.1, -0.05) is 18.2 Å². The lowest BCUT2D eigenvalue weighted by molar-refractivity contribution is -0.126. The standard InChI is InChI=1S/C21H28N2O4S2/c1-2-27-19-11-9-17(10-12-19)6-3-13-22-21(24)18-7-4-14-23(16-18)29(25,26)20-8-5-15-28-20/h5,8-12,15,18H,2-4,6-7,13-14,16H2,1H3,(H,22,24). The lowest BCUT2D eigenvalue weighted by Gasteiger charge is -2.30. The monoisotopic (exact) mass is 436 g/mol. The largest absolute Gasteiger partial charge is 0.494 e. The zero-order chi connectivity index (χ0) is 20.7. The number of sulfonamides is 1. The molecule has 0 bridgehead atoms. The van der Waals surface area contributed by atoms with E-state index < -0.39 is 10.0 Å². The molecule has 1 N–H and O–H groups in total. The Balaban J connectivity index is 1.44. The molecule has 3 rings (SSSR count). The molecule has 0 spiro atoms. The maximum atomic E-state index is 12.7. The van der Waals surface area contributed by atoms with Crippen LogP contribution in [0.15, 0.2) is 46.0 Å². The average molecular weight is 437 g/mol. The van der Waals surface area contributed by atoms with Gasteiger partial charge < -0.3 is 10.1 Å². The number of benzene rings is 1. The third kappa shape index (κ3) is 5.81. The van der Waals surface area contributed by atoms with Crippen molar-refractivity contribution >= 4 is 27.3 Å². The molecule has 29 heavy (non-hydrogen) atoms. The molecule has 1 saturated heterocycles. The molecule has 1 fully saturated rings. The van der Waals surface area contributed by atoms with Gasteiger partial charge in [0.2, 0.25) is 5.91 Å². The summed E-state index contributed by atoms with van der Waals surface area (Å²) in [7, 11) is -3.49. The van der Waals surface area contributed by atoms with Crippen LogP contribution >= 0.6 is 11.3 Å². The van der Waals surface area contributed by atoms with E-state index in [1.807, 2.05) is 31.2 Å². The van der Waals surface area contributed by atoms with Crippen molar-refractivity contribution in [2.75, 3.05) is 26.2 Å². The first-order valence-electron chi connectivity index (χ1n) is 10.0. The SMILES string of the molecule is CCOc1ccc(CCCNC(=O)C2CCCN(S(=O)(=O)c3cccs3)C2)cc1. The fraction of sp³-hybridized carbons (Fsp3) is 0.476. The smallest absolute Gasteiger partial charge is 0.252 e. The number of carbonyl (C=O) groups is 1. The number of carbonyl (C=O) groups excluding carboxylic acids is 1. The van der Waals surface area contributed by atoms with Crippen LogP contribution in [0.25, 0.3) is 0 Å². The summed E-state index contributed by atoms with van der Waals surface area (Å²) in [5.74, 6) is 0.524. The molecule has 1 aliphatic heterocycles. The second kappa shape index (κ2) is 10.2. The summed E-state index contributed by atoms with van der Waals surface area (Å²) in [5.41, 5.74) is 1.20. The summed E-state index contributed by atoms with van der Waals surface area (Å²) in [6.07, 6.45) is 3.13. The van der Waals surface area contributed by atoms with Crippen molar-refractivity contribution in [3.63, 3.8) is 0 Å². The predicted octanol–water partition coefficient (Wildman–Crippen LogP) is 3.30. The Morgan fingerprint density at radius 2 is 2.07 bits per heavy atom. The highest BCUT2D eigenvalue weighted by molar-refractivity contribution is 7.91. The number of nitrogens with one attached hydrogen (secondary N) is 1. The van der Waals surface area contributed by atoms with Crippen LogP contribution in [-0.4, -0.2) is 44.9 Å². The Hall–Kier alpha value is -1.90. The molecule has 2 aromatic rings. The molecule has 1 amide bonds. The highest BCUT2D eigenvalue weighted by Crippen LogP contribution is 2.26. The average Bonchev–Trinajstić information content (AvgIpc) is 3.28. The topological polar surface area (TPSA) is 75.7 Å². The lowest BCUT2D eigenvalue weighted by atomic mass is 9.99. The van der Waals surface area contributed by atoms with Gasteiger partial charge in [0.1, 0.15) is 9.96 Å². The van der Waals surface area contributed by atoms with Gasteiger partial charge in [0.05, 0.1) is 12.5 Å². The van der Waals surface area contributed by atoms with Crippen LogP contribution < -0.4 is 10.1 Å². The molecule has 0 saturated carbocycles. The molecule has 0 aliphatic carbocycles. The number of aryl methyl sites for hydroxylation is 1. The Morgan fingerprint density at radius 3 is 2.76 bits per heavy atom. The van der Waals surface area contributed by atoms with E-state index in [-0.39, 0.29) is 18.4 Å². The van der Waals surface area contributed by atoms with Crippen molar-refractivity contribution in [3.8, 4) is 5.75 Å². The maximum absolute atomic E-state index is 12.7. The molecule has 1 unspecified atom stereocenters. The molecule has 158 valence electrons. The van der Waals surface area contributed by atoms with E-state index in [1.165, 1.54) is 21.2 Å². The molecular formula is C21H28N2O4S2. The Morgan fingerprint density at radius 1 is 1.28 bits per heavy atom. The summed E-state index contributed by atoms with van der Waals surface area (Å²) >= 11 is 1.21. The Kier molecular flexibility index (Phi) is 7.69. The minimum Gasteiger partial charge on any atom is -0.494 e. The highest BCUT2D eigenvalue weighted by Gasteiger charge is 2.33. The molecule has 1 aromatic heterocycles. The van der Waals surface area contributed by atoms with Crippen LogP contribution in [0.1, 0.15) is 31.7 Å². The Bertz CT molecular complexity index is 880. The number of thiophene rings is 1. The van der Waals surface area contributed by atoms with Crippen molar-refractivity contribution in [3.05, 3.63) is 47.3 Å². The van der Waals surface area contributed by atoms with Gasteiger partial charge in [0.25, 0.3) is 10.0 Å². The second-order valence-electron chi connectivity index (χ2n) is 7.11. The van der Waals surface area contributed by atoms with Crippen molar-refractivity contribution < 1.29 is 17.9 Å². The molecule has 1 atom stereocenters. The first kappa shape index (κ1) is 21.8. The third-order valence-electron chi connectivity index (χ3n) is 5.02. The fourth-order valence-corrected chi connectivity index (χ4v) is 6.15. The second-order valence-corrected chi connectivity index (χ2v) is 10.2. The van der Waals surface area contributed by atoms with Gasteiger partial charge in [0, 0.05) is 19.6 Å². The van der Waals surface area contributed by atoms with E-state index in [0.717, 1.165) is 25.0 Å². The predicted molar refractivity (Wildman–Crippen MR) is 115 cm³/mol. The van der Waals surface area contributed by atoms with Gasteiger partial charge in [-0.2, -0.15) is 4.31 Å². The number of ether oxygens (including phenoxy) is 1. The van der Waals surface area contributed by atoms with Crippen LogP contribution in [0.5, 0.6) is 5.75 Å². The van der Waals surface area contributed by atoms with Crippen molar-refractivity contribution in [1.29, 1.82) is 0 Å². The summed E-state index contributed by atoms with van der Waals surface area (Å²) in [6.45, 7) is 3.92. The molecule has 0 radical (unpaired) electrons. The fourth-order valence-electron chi connectivity index (χ4n) is 3.48. The summed E-state index contributed by atoms with van der Waals surface area (Å²) < 4.78 is 32.6. The van der Waals surface area contributed by atoms with Gasteiger partial charge in [-0.3, -0.25) is 4.79 Å². The molecule has 1 aromatic carbocycles. The van der Waals surface area contributed by atoms with E-state index in [1.54, 1.807) is 17.5 Å². The van der Waals surface area contributed by atoms with Crippen molar-refractivity contribution in [2.45, 2.75) is 36.8 Å². The van der Waals surface area contributed by atoms with E-state index in [0.29, 0.717) is 30.3 Å². The number of hydrogen-bond acceptors (Lipinski definition) is 5. The highest BCUT2D eigenvalue weighted by atomic mass is 32.2. The van der Waals surface area contributed by atoms with Crippen LogP contribution in [-0.2, 0) is 21.2 Å². The quantitative estimate of drug-likeness (QED) is 0.612. The van der Waals surface area contributed by atoms with Gasteiger partial charge in [-0.15, -0.1) is 11.3 Å². The van der Waals surface area contributed by atoms with Gasteiger partial charge in [-0.05, 0) is 61.7 Å². The zero-order valence-electron chi connectivity index (χ0n) is 16.7. The van der Waals surface area contributed by atoms with Crippen molar-refractivity contribution in [2.24, 2.45) is 5.92 Å². The molecule has 1 aliphatic rings. The zero-order valence-corrected chi connectivity index (χ0v) is 18.3. The van der Waals surface area contributed by atoms with Crippen LogP contribution in [0.4, 0.5) is 0 Å². The first-order valence-corrected chi connectivity index (χ1v) is 12.4. The van der Waals surface area contributed by atoms with Crippen LogP contribution in [0.3, 0.4) is 0 Å². The normalized spacial score (nSPS) is 17.8. The van der Waals surface area contributed by atoms with Crippen molar-refractivity contribution in [1.82, 2.24) is 9.62 Å². The van der Waals surface area contributed by atoms with E-state index >= 15 is 0 Å². The van der Waals surface area contributed by atoms with Crippen LogP contribution in [0, 0.1) is 5.92 Å². The summed E-state index contributed by atoms with van der Waals surface area (Å²) in [5, 5.41) is 4.73. The molecule has 8 heteroatoms.